The van der Waals surface area contributed by atoms with Crippen LogP contribution in [0.1, 0.15) is 71.1 Å². The third kappa shape index (κ3) is 3.97. The van der Waals surface area contributed by atoms with Gasteiger partial charge in [0.15, 0.2) is 0 Å². The average Bonchev–Trinajstić information content (AvgIpc) is 2.42. The van der Waals surface area contributed by atoms with Crippen LogP contribution in [-0.4, -0.2) is 29.9 Å². The summed E-state index contributed by atoms with van der Waals surface area (Å²) in [7, 11) is 0. The molecule has 2 fully saturated rings. The molecule has 0 spiro atoms. The predicted octanol–water partition coefficient (Wildman–Crippen LogP) is 3.32. The fourth-order valence-electron chi connectivity index (χ4n) is 3.74. The van der Waals surface area contributed by atoms with Crippen molar-refractivity contribution in [1.82, 2.24) is 4.90 Å². The molecule has 2 rings (SSSR count). The fourth-order valence-corrected chi connectivity index (χ4v) is 3.74. The molecule has 2 N–H and O–H groups in total. The summed E-state index contributed by atoms with van der Waals surface area (Å²) in [5.41, 5.74) is 5.70. The second kappa shape index (κ2) is 8.02. The molecule has 0 heterocycles. The van der Waals surface area contributed by atoms with Gasteiger partial charge in [0.1, 0.15) is 0 Å². The van der Waals surface area contributed by atoms with Crippen molar-refractivity contribution in [3.63, 3.8) is 0 Å². The molecule has 2 aliphatic rings. The molecule has 0 aromatic heterocycles. The summed E-state index contributed by atoms with van der Waals surface area (Å²) in [6.45, 7) is 3.63. The highest BCUT2D eigenvalue weighted by molar-refractivity contribution is 5.79. The minimum absolute atomic E-state index is 0.292. The first kappa shape index (κ1) is 15.8. The second-order valence-electron chi connectivity index (χ2n) is 6.76. The lowest BCUT2D eigenvalue weighted by molar-refractivity contribution is -0.140. The second-order valence-corrected chi connectivity index (χ2v) is 6.76. The molecule has 0 atom stereocenters. The first-order valence-corrected chi connectivity index (χ1v) is 8.76. The molecule has 0 aromatic carbocycles. The normalized spacial score (nSPS) is 27.1. The summed E-state index contributed by atoms with van der Waals surface area (Å²) in [6.07, 6.45) is 12.4. The lowest BCUT2D eigenvalue weighted by Gasteiger charge is -2.40. The lowest BCUT2D eigenvalue weighted by Crippen LogP contribution is -2.49. The van der Waals surface area contributed by atoms with E-state index in [2.05, 4.69) is 11.8 Å². The SMILES string of the molecule is CCCCC1CCC(C(=O)N(CCN)C2CCC2)CC1. The Morgan fingerprint density at radius 1 is 1.15 bits per heavy atom. The van der Waals surface area contributed by atoms with Gasteiger partial charge in [-0.3, -0.25) is 4.79 Å². The van der Waals surface area contributed by atoms with Gasteiger partial charge < -0.3 is 10.6 Å². The monoisotopic (exact) mass is 280 g/mol. The maximum absolute atomic E-state index is 12.7. The average molecular weight is 280 g/mol. The van der Waals surface area contributed by atoms with Gasteiger partial charge in [0.25, 0.3) is 0 Å². The third-order valence-corrected chi connectivity index (χ3v) is 5.33. The van der Waals surface area contributed by atoms with Crippen molar-refractivity contribution in [2.75, 3.05) is 13.1 Å². The van der Waals surface area contributed by atoms with E-state index in [4.69, 9.17) is 5.73 Å². The van der Waals surface area contributed by atoms with Crippen LogP contribution in [0, 0.1) is 11.8 Å². The highest BCUT2D eigenvalue weighted by atomic mass is 16.2. The summed E-state index contributed by atoms with van der Waals surface area (Å²) >= 11 is 0. The van der Waals surface area contributed by atoms with Gasteiger partial charge in [-0.05, 0) is 50.9 Å². The van der Waals surface area contributed by atoms with Gasteiger partial charge in [-0.2, -0.15) is 0 Å². The van der Waals surface area contributed by atoms with Crippen LogP contribution in [0.3, 0.4) is 0 Å². The van der Waals surface area contributed by atoms with Gasteiger partial charge in [0.05, 0.1) is 0 Å². The number of carbonyl (C=O) groups is 1. The first-order valence-electron chi connectivity index (χ1n) is 8.76. The lowest BCUT2D eigenvalue weighted by atomic mass is 9.78. The van der Waals surface area contributed by atoms with Crippen molar-refractivity contribution < 1.29 is 4.79 Å². The number of rotatable bonds is 7. The molecule has 0 unspecified atom stereocenters. The van der Waals surface area contributed by atoms with E-state index >= 15 is 0 Å². The van der Waals surface area contributed by atoms with Gasteiger partial charge in [-0.1, -0.05) is 26.2 Å². The Bertz CT molecular complexity index is 293. The van der Waals surface area contributed by atoms with Crippen LogP contribution in [0.4, 0.5) is 0 Å². The van der Waals surface area contributed by atoms with E-state index < -0.39 is 0 Å². The summed E-state index contributed by atoms with van der Waals surface area (Å²) in [5, 5.41) is 0. The van der Waals surface area contributed by atoms with E-state index in [1.54, 1.807) is 0 Å². The number of carbonyl (C=O) groups excluding carboxylic acids is 1. The van der Waals surface area contributed by atoms with Crippen molar-refractivity contribution in [2.45, 2.75) is 77.2 Å². The number of amides is 1. The van der Waals surface area contributed by atoms with Crippen molar-refractivity contribution in [2.24, 2.45) is 17.6 Å². The highest BCUT2D eigenvalue weighted by Crippen LogP contribution is 2.34. The molecule has 0 aliphatic heterocycles. The summed E-state index contributed by atoms with van der Waals surface area (Å²) < 4.78 is 0. The Kier molecular flexibility index (Phi) is 6.34. The Balaban J connectivity index is 1.80. The van der Waals surface area contributed by atoms with E-state index in [9.17, 15) is 4.79 Å². The molecule has 2 saturated carbocycles. The van der Waals surface area contributed by atoms with Crippen molar-refractivity contribution in [3.05, 3.63) is 0 Å². The molecule has 0 saturated heterocycles. The van der Waals surface area contributed by atoms with Crippen molar-refractivity contribution in [3.8, 4) is 0 Å². The van der Waals surface area contributed by atoms with Gasteiger partial charge in [0, 0.05) is 25.0 Å². The Morgan fingerprint density at radius 3 is 2.35 bits per heavy atom. The first-order chi connectivity index (χ1) is 9.76. The Hall–Kier alpha value is -0.570. The zero-order chi connectivity index (χ0) is 14.4. The van der Waals surface area contributed by atoms with E-state index in [-0.39, 0.29) is 0 Å². The molecule has 0 aromatic rings. The van der Waals surface area contributed by atoms with Crippen LogP contribution in [-0.2, 0) is 4.79 Å². The Labute approximate surface area is 124 Å². The topological polar surface area (TPSA) is 46.3 Å². The molecule has 0 radical (unpaired) electrons. The third-order valence-electron chi connectivity index (χ3n) is 5.33. The van der Waals surface area contributed by atoms with Gasteiger partial charge >= 0.3 is 0 Å². The van der Waals surface area contributed by atoms with Crippen LogP contribution in [0.5, 0.6) is 0 Å². The van der Waals surface area contributed by atoms with Crippen LogP contribution < -0.4 is 5.73 Å². The molecule has 3 nitrogen and oxygen atoms in total. The summed E-state index contributed by atoms with van der Waals surface area (Å²) in [6, 6.07) is 0.504. The number of nitrogens with zero attached hydrogens (tertiary/aromatic N) is 1. The van der Waals surface area contributed by atoms with Gasteiger partial charge in [-0.25, -0.2) is 0 Å². The zero-order valence-electron chi connectivity index (χ0n) is 13.2. The maximum atomic E-state index is 12.7. The minimum atomic E-state index is 0.292. The molecular weight excluding hydrogens is 248 g/mol. The number of nitrogens with two attached hydrogens (primary N) is 1. The standard InChI is InChI=1S/C17H32N2O/c1-2-3-5-14-8-10-15(11-9-14)17(20)19(13-12-18)16-6-4-7-16/h14-16H,2-13,18H2,1H3. The van der Waals surface area contributed by atoms with Crippen LogP contribution in [0.2, 0.25) is 0 Å². The quantitative estimate of drug-likeness (QED) is 0.777. The molecule has 3 heteroatoms. The number of hydrogen-bond donors (Lipinski definition) is 1. The van der Waals surface area contributed by atoms with E-state index in [1.807, 2.05) is 0 Å². The van der Waals surface area contributed by atoms with Crippen LogP contribution >= 0.6 is 0 Å². The smallest absolute Gasteiger partial charge is 0.225 e. The maximum Gasteiger partial charge on any atom is 0.225 e. The largest absolute Gasteiger partial charge is 0.338 e. The van der Waals surface area contributed by atoms with Crippen molar-refractivity contribution >= 4 is 5.91 Å². The van der Waals surface area contributed by atoms with Gasteiger partial charge in [0.2, 0.25) is 5.91 Å². The minimum Gasteiger partial charge on any atom is -0.338 e. The molecule has 2 aliphatic carbocycles. The summed E-state index contributed by atoms with van der Waals surface area (Å²) in [4.78, 5) is 14.8. The fraction of sp³-hybridized carbons (Fsp3) is 0.941. The van der Waals surface area contributed by atoms with Crippen LogP contribution in [0.15, 0.2) is 0 Å². The van der Waals surface area contributed by atoms with Crippen LogP contribution in [0.25, 0.3) is 0 Å². The number of hydrogen-bond acceptors (Lipinski definition) is 2. The molecule has 116 valence electrons. The van der Waals surface area contributed by atoms with E-state index in [0.717, 1.165) is 25.3 Å². The Morgan fingerprint density at radius 2 is 1.85 bits per heavy atom. The summed E-state index contributed by atoms with van der Waals surface area (Å²) in [5.74, 6) is 1.58. The predicted molar refractivity (Wildman–Crippen MR) is 83.4 cm³/mol. The number of unbranched alkanes of at least 4 members (excludes halogenated alkanes) is 1. The molecular formula is C17H32N2O. The zero-order valence-corrected chi connectivity index (χ0v) is 13.2. The van der Waals surface area contributed by atoms with E-state index in [0.29, 0.717) is 24.4 Å². The van der Waals surface area contributed by atoms with Crippen molar-refractivity contribution in [1.29, 1.82) is 0 Å². The van der Waals surface area contributed by atoms with E-state index in [1.165, 1.54) is 51.4 Å². The molecule has 0 bridgehead atoms. The molecule has 1 amide bonds. The van der Waals surface area contributed by atoms with Gasteiger partial charge in [-0.15, -0.1) is 0 Å². The highest BCUT2D eigenvalue weighted by Gasteiger charge is 2.34. The molecule has 20 heavy (non-hydrogen) atoms.